The van der Waals surface area contributed by atoms with Gasteiger partial charge in [0.25, 0.3) is 0 Å². The SMILES string of the molecule is C[C@H](SCC(=O)Nc1ccc(F)cc1)C(=O)OCc1ccccc1. The van der Waals surface area contributed by atoms with E-state index < -0.39 is 5.25 Å². The van der Waals surface area contributed by atoms with Gasteiger partial charge in [0.1, 0.15) is 17.7 Å². The number of rotatable bonds is 7. The Balaban J connectivity index is 1.71. The highest BCUT2D eigenvalue weighted by atomic mass is 32.2. The fourth-order valence-electron chi connectivity index (χ4n) is 1.85. The van der Waals surface area contributed by atoms with Gasteiger partial charge in [0.05, 0.1) is 5.75 Å². The van der Waals surface area contributed by atoms with Crippen molar-refractivity contribution in [1.82, 2.24) is 0 Å². The van der Waals surface area contributed by atoms with E-state index in [0.29, 0.717) is 5.69 Å². The molecule has 24 heavy (non-hydrogen) atoms. The number of ether oxygens (including phenoxy) is 1. The molecule has 1 amide bonds. The zero-order chi connectivity index (χ0) is 17.4. The Morgan fingerprint density at radius 1 is 1.12 bits per heavy atom. The smallest absolute Gasteiger partial charge is 0.319 e. The van der Waals surface area contributed by atoms with Crippen LogP contribution in [0, 0.1) is 5.82 Å². The van der Waals surface area contributed by atoms with Crippen LogP contribution in [0.5, 0.6) is 0 Å². The highest BCUT2D eigenvalue weighted by molar-refractivity contribution is 8.01. The molecule has 0 saturated carbocycles. The summed E-state index contributed by atoms with van der Waals surface area (Å²) in [4.78, 5) is 23.7. The Morgan fingerprint density at radius 2 is 1.79 bits per heavy atom. The first-order valence-electron chi connectivity index (χ1n) is 7.42. The minimum absolute atomic E-state index is 0.110. The van der Waals surface area contributed by atoms with Crippen LogP contribution in [0.15, 0.2) is 54.6 Å². The maximum absolute atomic E-state index is 12.8. The molecule has 0 aliphatic carbocycles. The molecule has 2 aromatic rings. The van der Waals surface area contributed by atoms with E-state index in [2.05, 4.69) is 5.32 Å². The van der Waals surface area contributed by atoms with E-state index in [9.17, 15) is 14.0 Å². The Kier molecular flexibility index (Phi) is 6.81. The van der Waals surface area contributed by atoms with Gasteiger partial charge in [0.2, 0.25) is 5.91 Å². The molecule has 0 aliphatic heterocycles. The van der Waals surface area contributed by atoms with Crippen molar-refractivity contribution < 1.29 is 18.7 Å². The van der Waals surface area contributed by atoms with Gasteiger partial charge in [-0.25, -0.2) is 4.39 Å². The van der Waals surface area contributed by atoms with Gasteiger partial charge < -0.3 is 10.1 Å². The summed E-state index contributed by atoms with van der Waals surface area (Å²) in [6.07, 6.45) is 0. The largest absolute Gasteiger partial charge is 0.460 e. The van der Waals surface area contributed by atoms with Crippen LogP contribution in [0.2, 0.25) is 0 Å². The van der Waals surface area contributed by atoms with E-state index in [1.807, 2.05) is 30.3 Å². The standard InChI is InChI=1S/C18H18FNO3S/c1-13(18(22)23-11-14-5-3-2-4-6-14)24-12-17(21)20-16-9-7-15(19)8-10-16/h2-10,13H,11-12H2,1H3,(H,20,21)/t13-/m0/s1. The van der Waals surface area contributed by atoms with Crippen molar-refractivity contribution in [3.05, 3.63) is 66.0 Å². The lowest BCUT2D eigenvalue weighted by atomic mass is 10.2. The number of esters is 1. The summed E-state index contributed by atoms with van der Waals surface area (Å²) in [6.45, 7) is 1.91. The molecule has 0 aliphatic rings. The van der Waals surface area contributed by atoms with Crippen molar-refractivity contribution >= 4 is 29.3 Å². The molecule has 0 heterocycles. The molecule has 1 N–H and O–H groups in total. The maximum atomic E-state index is 12.8. The van der Waals surface area contributed by atoms with Gasteiger partial charge in [-0.1, -0.05) is 30.3 Å². The Hall–Kier alpha value is -2.34. The summed E-state index contributed by atoms with van der Waals surface area (Å²) in [5.41, 5.74) is 1.43. The summed E-state index contributed by atoms with van der Waals surface area (Å²) in [6, 6.07) is 14.9. The zero-order valence-corrected chi connectivity index (χ0v) is 14.0. The molecule has 0 fully saturated rings. The summed E-state index contributed by atoms with van der Waals surface area (Å²) in [5, 5.41) is 2.19. The summed E-state index contributed by atoms with van der Waals surface area (Å²) < 4.78 is 18.0. The van der Waals surface area contributed by atoms with Crippen LogP contribution in [0.1, 0.15) is 12.5 Å². The molecule has 0 unspecified atom stereocenters. The van der Waals surface area contributed by atoms with Crippen LogP contribution < -0.4 is 5.32 Å². The molecule has 4 nitrogen and oxygen atoms in total. The van der Waals surface area contributed by atoms with Crippen molar-refractivity contribution in [2.75, 3.05) is 11.1 Å². The predicted molar refractivity (Wildman–Crippen MR) is 93.2 cm³/mol. The lowest BCUT2D eigenvalue weighted by Crippen LogP contribution is -2.21. The Bertz CT molecular complexity index is 676. The second-order valence-corrected chi connectivity index (χ2v) is 6.43. The number of anilines is 1. The van der Waals surface area contributed by atoms with Gasteiger partial charge in [0.15, 0.2) is 0 Å². The molecule has 0 spiro atoms. The first-order valence-corrected chi connectivity index (χ1v) is 8.47. The fourth-order valence-corrected chi connectivity index (χ4v) is 2.52. The Labute approximate surface area is 144 Å². The van der Waals surface area contributed by atoms with E-state index in [0.717, 1.165) is 5.56 Å². The number of halogens is 1. The van der Waals surface area contributed by atoms with E-state index in [1.165, 1.54) is 36.0 Å². The normalized spacial score (nSPS) is 11.6. The van der Waals surface area contributed by atoms with Gasteiger partial charge in [-0.2, -0.15) is 0 Å². The van der Waals surface area contributed by atoms with E-state index in [-0.39, 0.29) is 30.1 Å². The van der Waals surface area contributed by atoms with Crippen molar-refractivity contribution in [3.8, 4) is 0 Å². The van der Waals surface area contributed by atoms with Gasteiger partial charge in [-0.15, -0.1) is 11.8 Å². The van der Waals surface area contributed by atoms with E-state index >= 15 is 0 Å². The number of thioether (sulfide) groups is 1. The van der Waals surface area contributed by atoms with Gasteiger partial charge >= 0.3 is 5.97 Å². The number of carbonyl (C=O) groups is 2. The molecule has 0 bridgehead atoms. The monoisotopic (exact) mass is 347 g/mol. The minimum atomic E-state index is -0.451. The molecule has 1 atom stereocenters. The summed E-state index contributed by atoms with van der Waals surface area (Å²) in [5.74, 6) is -0.871. The fraction of sp³-hybridized carbons (Fsp3) is 0.222. The van der Waals surface area contributed by atoms with Gasteiger partial charge in [-0.05, 0) is 36.8 Å². The highest BCUT2D eigenvalue weighted by Crippen LogP contribution is 2.15. The lowest BCUT2D eigenvalue weighted by Gasteiger charge is -2.11. The average molecular weight is 347 g/mol. The lowest BCUT2D eigenvalue weighted by molar-refractivity contribution is -0.143. The van der Waals surface area contributed by atoms with Crippen LogP contribution in [0.4, 0.5) is 10.1 Å². The molecule has 0 aromatic heterocycles. The van der Waals surface area contributed by atoms with Crippen molar-refractivity contribution in [1.29, 1.82) is 0 Å². The van der Waals surface area contributed by atoms with Crippen LogP contribution in [0.25, 0.3) is 0 Å². The molecular formula is C18H18FNO3S. The highest BCUT2D eigenvalue weighted by Gasteiger charge is 2.17. The first kappa shape index (κ1) is 18.0. The number of nitrogens with one attached hydrogen (secondary N) is 1. The van der Waals surface area contributed by atoms with E-state index in [1.54, 1.807) is 6.92 Å². The third-order valence-corrected chi connectivity index (χ3v) is 4.27. The third-order valence-electron chi connectivity index (χ3n) is 3.15. The topological polar surface area (TPSA) is 55.4 Å². The second-order valence-electron chi connectivity index (χ2n) is 5.10. The van der Waals surface area contributed by atoms with Crippen molar-refractivity contribution in [3.63, 3.8) is 0 Å². The third kappa shape index (κ3) is 6.04. The predicted octanol–water partition coefficient (Wildman–Crippen LogP) is 3.63. The van der Waals surface area contributed by atoms with Gasteiger partial charge in [0, 0.05) is 5.69 Å². The molecular weight excluding hydrogens is 329 g/mol. The Morgan fingerprint density at radius 3 is 2.46 bits per heavy atom. The van der Waals surface area contributed by atoms with Crippen LogP contribution >= 0.6 is 11.8 Å². The molecule has 0 radical (unpaired) electrons. The number of carbonyl (C=O) groups excluding carboxylic acids is 2. The molecule has 0 saturated heterocycles. The molecule has 2 aromatic carbocycles. The number of amides is 1. The summed E-state index contributed by atoms with van der Waals surface area (Å²) >= 11 is 1.19. The first-order chi connectivity index (χ1) is 11.5. The number of hydrogen-bond donors (Lipinski definition) is 1. The molecule has 6 heteroatoms. The van der Waals surface area contributed by atoms with Crippen molar-refractivity contribution in [2.24, 2.45) is 0 Å². The number of hydrogen-bond acceptors (Lipinski definition) is 4. The van der Waals surface area contributed by atoms with Crippen LogP contribution in [-0.4, -0.2) is 22.9 Å². The van der Waals surface area contributed by atoms with E-state index in [4.69, 9.17) is 4.74 Å². The minimum Gasteiger partial charge on any atom is -0.460 e. The van der Waals surface area contributed by atoms with Crippen molar-refractivity contribution in [2.45, 2.75) is 18.8 Å². The second kappa shape index (κ2) is 9.08. The molecule has 126 valence electrons. The molecule has 2 rings (SSSR count). The maximum Gasteiger partial charge on any atom is 0.319 e. The average Bonchev–Trinajstić information content (AvgIpc) is 2.60. The van der Waals surface area contributed by atoms with Crippen LogP contribution in [-0.2, 0) is 20.9 Å². The van der Waals surface area contributed by atoms with Gasteiger partial charge in [-0.3, -0.25) is 9.59 Å². The van der Waals surface area contributed by atoms with Crippen LogP contribution in [0.3, 0.4) is 0 Å². The number of benzene rings is 2. The quantitative estimate of drug-likeness (QED) is 0.777. The zero-order valence-electron chi connectivity index (χ0n) is 13.2. The summed E-state index contributed by atoms with van der Waals surface area (Å²) in [7, 11) is 0.